The summed E-state index contributed by atoms with van der Waals surface area (Å²) in [6.07, 6.45) is 0.667. The molecule has 2 rings (SSSR count). The number of nitrogens with two attached hydrogens (primary N) is 1. The molecule has 1 aromatic heterocycles. The Labute approximate surface area is 97.9 Å². The fraction of sp³-hybridized carbons (Fsp3) is 0.250. The lowest BCUT2D eigenvalue weighted by Crippen LogP contribution is -1.97. The Morgan fingerprint density at radius 3 is 2.94 bits per heavy atom. The van der Waals surface area contributed by atoms with Gasteiger partial charge in [0.2, 0.25) is 0 Å². The van der Waals surface area contributed by atoms with E-state index < -0.39 is 0 Å². The maximum atomic E-state index is 13.1. The minimum Gasteiger partial charge on any atom is -0.325 e. The predicted octanol–water partition coefficient (Wildman–Crippen LogP) is 2.64. The second-order valence-corrected chi connectivity index (χ2v) is 4.63. The number of rotatable bonds is 3. The highest BCUT2D eigenvalue weighted by Crippen LogP contribution is 2.17. The summed E-state index contributed by atoms with van der Waals surface area (Å²) in [7, 11) is 0. The fourth-order valence-electron chi connectivity index (χ4n) is 1.55. The number of nitrogens with zero attached hydrogens (tertiary/aromatic N) is 1. The van der Waals surface area contributed by atoms with Crippen LogP contribution in [0.4, 0.5) is 4.39 Å². The zero-order chi connectivity index (χ0) is 11.5. The Hall–Kier alpha value is -1.26. The van der Waals surface area contributed by atoms with Crippen molar-refractivity contribution >= 4 is 11.3 Å². The molecule has 16 heavy (non-hydrogen) atoms. The van der Waals surface area contributed by atoms with Crippen LogP contribution in [-0.4, -0.2) is 4.98 Å². The van der Waals surface area contributed by atoms with Crippen LogP contribution in [0.1, 0.15) is 21.8 Å². The lowest BCUT2D eigenvalue weighted by molar-refractivity contribution is 0.625. The van der Waals surface area contributed by atoms with Gasteiger partial charge in [-0.25, -0.2) is 9.37 Å². The first-order chi connectivity index (χ1) is 7.69. The van der Waals surface area contributed by atoms with E-state index in [1.807, 2.05) is 12.3 Å². The standard InChI is InChI=1S/C12H13FN2S/c1-8-2-3-10(13)4-9(8)5-11-7-16-12(6-14)15-11/h2-4,7H,5-6,14H2,1H3. The van der Waals surface area contributed by atoms with Crippen molar-refractivity contribution in [3.8, 4) is 0 Å². The van der Waals surface area contributed by atoms with Gasteiger partial charge >= 0.3 is 0 Å². The van der Waals surface area contributed by atoms with Crippen LogP contribution in [0.15, 0.2) is 23.6 Å². The molecule has 1 aromatic carbocycles. The van der Waals surface area contributed by atoms with Crippen LogP contribution in [-0.2, 0) is 13.0 Å². The second-order valence-electron chi connectivity index (χ2n) is 3.68. The van der Waals surface area contributed by atoms with Gasteiger partial charge in [-0.15, -0.1) is 11.3 Å². The first-order valence-corrected chi connectivity index (χ1v) is 5.95. The topological polar surface area (TPSA) is 38.9 Å². The molecule has 2 N–H and O–H groups in total. The van der Waals surface area contributed by atoms with E-state index in [2.05, 4.69) is 4.98 Å². The number of hydrogen-bond donors (Lipinski definition) is 1. The van der Waals surface area contributed by atoms with Crippen molar-refractivity contribution in [3.63, 3.8) is 0 Å². The van der Waals surface area contributed by atoms with Crippen LogP contribution in [0.5, 0.6) is 0 Å². The van der Waals surface area contributed by atoms with Crippen molar-refractivity contribution in [2.45, 2.75) is 19.9 Å². The molecule has 0 unspecified atom stereocenters. The Morgan fingerprint density at radius 2 is 2.25 bits per heavy atom. The number of hydrogen-bond acceptors (Lipinski definition) is 3. The maximum Gasteiger partial charge on any atom is 0.123 e. The van der Waals surface area contributed by atoms with Crippen LogP contribution in [0, 0.1) is 12.7 Å². The van der Waals surface area contributed by atoms with Crippen LogP contribution < -0.4 is 5.73 Å². The van der Waals surface area contributed by atoms with E-state index in [1.165, 1.54) is 6.07 Å². The molecular weight excluding hydrogens is 223 g/mol. The zero-order valence-corrected chi connectivity index (χ0v) is 9.85. The minimum atomic E-state index is -0.199. The smallest absolute Gasteiger partial charge is 0.123 e. The van der Waals surface area contributed by atoms with E-state index in [1.54, 1.807) is 23.5 Å². The SMILES string of the molecule is Cc1ccc(F)cc1Cc1csc(CN)n1. The second kappa shape index (κ2) is 4.72. The van der Waals surface area contributed by atoms with Crippen molar-refractivity contribution in [2.75, 3.05) is 0 Å². The maximum absolute atomic E-state index is 13.1. The van der Waals surface area contributed by atoms with Gasteiger partial charge in [0.15, 0.2) is 0 Å². The number of thiazole rings is 1. The van der Waals surface area contributed by atoms with Gasteiger partial charge in [-0.1, -0.05) is 6.07 Å². The molecule has 0 bridgehead atoms. The molecule has 0 saturated carbocycles. The van der Waals surface area contributed by atoms with E-state index in [4.69, 9.17) is 5.73 Å². The molecule has 1 heterocycles. The summed E-state index contributed by atoms with van der Waals surface area (Å²) in [4.78, 5) is 4.37. The molecule has 0 radical (unpaired) electrons. The quantitative estimate of drug-likeness (QED) is 0.889. The van der Waals surface area contributed by atoms with E-state index in [0.29, 0.717) is 13.0 Å². The van der Waals surface area contributed by atoms with Crippen molar-refractivity contribution in [2.24, 2.45) is 5.73 Å². The Kier molecular flexibility index (Phi) is 3.31. The summed E-state index contributed by atoms with van der Waals surface area (Å²) in [5.74, 6) is -0.199. The van der Waals surface area contributed by atoms with Gasteiger partial charge in [0.05, 0.1) is 5.69 Å². The third kappa shape index (κ3) is 2.46. The molecule has 0 aliphatic rings. The molecule has 0 aliphatic carbocycles. The van der Waals surface area contributed by atoms with E-state index in [9.17, 15) is 4.39 Å². The molecule has 0 spiro atoms. The lowest BCUT2D eigenvalue weighted by atomic mass is 10.0. The van der Waals surface area contributed by atoms with E-state index in [-0.39, 0.29) is 5.82 Å². The highest BCUT2D eigenvalue weighted by atomic mass is 32.1. The first-order valence-electron chi connectivity index (χ1n) is 5.07. The molecule has 4 heteroatoms. The summed E-state index contributed by atoms with van der Waals surface area (Å²) in [5.41, 5.74) is 8.52. The van der Waals surface area contributed by atoms with Crippen molar-refractivity contribution in [1.29, 1.82) is 0 Å². The normalized spacial score (nSPS) is 10.7. The van der Waals surface area contributed by atoms with Crippen LogP contribution in [0.3, 0.4) is 0 Å². The van der Waals surface area contributed by atoms with E-state index in [0.717, 1.165) is 21.8 Å². The summed E-state index contributed by atoms with van der Waals surface area (Å²) >= 11 is 1.55. The first kappa shape index (κ1) is 11.2. The van der Waals surface area contributed by atoms with Crippen LogP contribution in [0.25, 0.3) is 0 Å². The van der Waals surface area contributed by atoms with Gasteiger partial charge < -0.3 is 5.73 Å². The van der Waals surface area contributed by atoms with E-state index >= 15 is 0 Å². The summed E-state index contributed by atoms with van der Waals surface area (Å²) < 4.78 is 13.1. The summed E-state index contributed by atoms with van der Waals surface area (Å²) in [6, 6.07) is 4.84. The Morgan fingerprint density at radius 1 is 1.44 bits per heavy atom. The van der Waals surface area contributed by atoms with Crippen molar-refractivity contribution in [1.82, 2.24) is 4.98 Å². The Bertz CT molecular complexity index is 494. The summed E-state index contributed by atoms with van der Waals surface area (Å²) in [5, 5.41) is 2.90. The van der Waals surface area contributed by atoms with Gasteiger partial charge in [-0.2, -0.15) is 0 Å². The lowest BCUT2D eigenvalue weighted by Gasteiger charge is -2.03. The Balaban J connectivity index is 2.22. The van der Waals surface area contributed by atoms with Gasteiger partial charge in [-0.3, -0.25) is 0 Å². The number of halogens is 1. The van der Waals surface area contributed by atoms with Gasteiger partial charge in [-0.05, 0) is 30.2 Å². The van der Waals surface area contributed by atoms with Crippen LogP contribution in [0.2, 0.25) is 0 Å². The van der Waals surface area contributed by atoms with Crippen LogP contribution >= 0.6 is 11.3 Å². The number of benzene rings is 1. The third-order valence-electron chi connectivity index (χ3n) is 2.46. The highest BCUT2D eigenvalue weighted by Gasteiger charge is 2.05. The molecule has 0 atom stereocenters. The molecule has 2 nitrogen and oxygen atoms in total. The predicted molar refractivity (Wildman–Crippen MR) is 63.9 cm³/mol. The number of aryl methyl sites for hydroxylation is 1. The molecule has 0 fully saturated rings. The van der Waals surface area contributed by atoms with Gasteiger partial charge in [0.25, 0.3) is 0 Å². The molecular formula is C12H13FN2S. The molecule has 0 saturated heterocycles. The number of aromatic nitrogens is 1. The molecule has 0 aliphatic heterocycles. The van der Waals surface area contributed by atoms with Crippen molar-refractivity contribution < 1.29 is 4.39 Å². The fourth-order valence-corrected chi connectivity index (χ4v) is 2.22. The minimum absolute atomic E-state index is 0.199. The summed E-state index contributed by atoms with van der Waals surface area (Å²) in [6.45, 7) is 2.44. The largest absolute Gasteiger partial charge is 0.325 e. The average Bonchev–Trinajstić information content (AvgIpc) is 2.71. The molecule has 84 valence electrons. The van der Waals surface area contributed by atoms with Crippen molar-refractivity contribution in [3.05, 3.63) is 51.2 Å². The zero-order valence-electron chi connectivity index (χ0n) is 9.03. The average molecular weight is 236 g/mol. The third-order valence-corrected chi connectivity index (χ3v) is 3.38. The molecule has 2 aromatic rings. The molecule has 0 amide bonds. The van der Waals surface area contributed by atoms with Gasteiger partial charge in [0.1, 0.15) is 10.8 Å². The monoisotopic (exact) mass is 236 g/mol. The van der Waals surface area contributed by atoms with Gasteiger partial charge in [0, 0.05) is 18.3 Å². The highest BCUT2D eigenvalue weighted by molar-refractivity contribution is 7.09.